The maximum Gasteiger partial charge on any atom is 0.0669 e. The molecular weight excluding hydrogens is 795 g/mol. The molecule has 0 bridgehead atoms. The summed E-state index contributed by atoms with van der Waals surface area (Å²) in [6.45, 7) is 18.7. The van der Waals surface area contributed by atoms with Crippen LogP contribution in [0.5, 0.6) is 0 Å². The maximum absolute atomic E-state index is 8.34. The Bertz CT molecular complexity index is 1960. The monoisotopic (exact) mass is 868 g/mol. The topological polar surface area (TPSA) is 23.8 Å². The van der Waals surface area contributed by atoms with Gasteiger partial charge in [0, 0.05) is 0 Å². The summed E-state index contributed by atoms with van der Waals surface area (Å²) in [5, 5.41) is 8.34. The molecule has 0 spiro atoms. The van der Waals surface area contributed by atoms with Gasteiger partial charge in [-0.05, 0) is 67.9 Å². The summed E-state index contributed by atoms with van der Waals surface area (Å²) in [7, 11) is 0. The molecule has 9 rings (SSSR count). The van der Waals surface area contributed by atoms with E-state index in [1.54, 1.807) is 0 Å². The van der Waals surface area contributed by atoms with Crippen molar-refractivity contribution >= 4 is 0 Å². The number of benzene rings is 9. The molecule has 0 radical (unpaired) electrons. The summed E-state index contributed by atoms with van der Waals surface area (Å²) < 4.78 is 0. The Morgan fingerprint density at radius 2 is 0.348 bits per heavy atom. The summed E-state index contributed by atoms with van der Waals surface area (Å²) in [5.74, 6) is 0. The zero-order valence-corrected chi connectivity index (χ0v) is 41.1. The smallest absolute Gasteiger partial charge is 0.0669 e. The van der Waals surface area contributed by atoms with Gasteiger partial charge in [0.15, 0.2) is 0 Å². The van der Waals surface area contributed by atoms with Gasteiger partial charge in [-0.15, -0.1) is 0 Å². The Morgan fingerprint density at radius 1 is 0.212 bits per heavy atom. The average Bonchev–Trinajstić information content (AvgIpc) is 3.34. The van der Waals surface area contributed by atoms with Crippen LogP contribution in [0, 0.1) is 73.6 Å². The van der Waals surface area contributed by atoms with Crippen LogP contribution in [0.1, 0.15) is 55.6 Å². The van der Waals surface area contributed by atoms with E-state index in [4.69, 9.17) is 5.26 Å². The predicted molar refractivity (Wildman–Crippen MR) is 290 cm³/mol. The third kappa shape index (κ3) is 36.0. The fraction of sp³-hybridized carbons (Fsp3) is 0.154. The molecule has 338 valence electrons. The van der Waals surface area contributed by atoms with Crippen LogP contribution < -0.4 is 0 Å². The van der Waals surface area contributed by atoms with Crippen molar-refractivity contribution in [3.63, 3.8) is 0 Å². The van der Waals surface area contributed by atoms with E-state index in [2.05, 4.69) is 159 Å². The fourth-order valence-corrected chi connectivity index (χ4v) is 5.07. The molecule has 0 amide bonds. The van der Waals surface area contributed by atoms with Gasteiger partial charge < -0.3 is 0 Å². The van der Waals surface area contributed by atoms with Gasteiger partial charge in [0.25, 0.3) is 0 Å². The molecular formula is C65H73N. The van der Waals surface area contributed by atoms with E-state index in [1.807, 2.05) is 177 Å². The van der Waals surface area contributed by atoms with E-state index >= 15 is 0 Å². The minimum Gasteiger partial charge on any atom is -0.198 e. The van der Waals surface area contributed by atoms with E-state index in [1.165, 1.54) is 50.1 Å². The van der Waals surface area contributed by atoms with Gasteiger partial charge in [-0.25, -0.2) is 0 Å². The maximum atomic E-state index is 8.34. The minimum atomic E-state index is 0.514. The first kappa shape index (κ1) is 56.5. The summed E-state index contributed by atoms with van der Waals surface area (Å²) in [5.41, 5.74) is 12.9. The quantitative estimate of drug-likeness (QED) is 0.161. The van der Waals surface area contributed by atoms with E-state index < -0.39 is 0 Å². The molecule has 66 heavy (non-hydrogen) atoms. The molecule has 0 saturated carbocycles. The van der Waals surface area contributed by atoms with Gasteiger partial charge in [-0.1, -0.05) is 317 Å². The van der Waals surface area contributed by atoms with Crippen LogP contribution in [-0.4, -0.2) is 0 Å². The standard InChI is InChI=1S/C9H9N.8C7H8/c1-8-2-4-9(5-3-8)6-7-10;8*1-7-5-3-2-4-6-7/h2-5H,6H2,1H3;8*2-6H,1H3. The normalized spacial score (nSPS) is 8.73. The van der Waals surface area contributed by atoms with Crippen LogP contribution in [0.15, 0.2) is 267 Å². The number of aryl methyl sites for hydroxylation is 9. The lowest BCUT2D eigenvalue weighted by Crippen LogP contribution is -1.79. The Hall–Kier alpha value is -7.53. The summed E-state index contributed by atoms with van der Waals surface area (Å²) in [6.07, 6.45) is 0.514. The van der Waals surface area contributed by atoms with Crippen LogP contribution in [0.2, 0.25) is 0 Å². The van der Waals surface area contributed by atoms with Crippen molar-refractivity contribution in [3.8, 4) is 6.07 Å². The second-order valence-corrected chi connectivity index (χ2v) is 15.6. The second-order valence-electron chi connectivity index (χ2n) is 15.6. The fourth-order valence-electron chi connectivity index (χ4n) is 5.07. The lowest BCUT2D eigenvalue weighted by atomic mass is 10.1. The molecule has 0 unspecified atom stereocenters. The molecule has 9 aromatic carbocycles. The van der Waals surface area contributed by atoms with Crippen molar-refractivity contribution in [3.05, 3.63) is 323 Å². The summed E-state index contributed by atoms with van der Waals surface area (Å²) >= 11 is 0. The number of nitriles is 1. The lowest BCUT2D eigenvalue weighted by molar-refractivity contribution is 1.25. The molecule has 1 heteroatoms. The van der Waals surface area contributed by atoms with Crippen LogP contribution >= 0.6 is 0 Å². The van der Waals surface area contributed by atoms with Gasteiger partial charge in [0.05, 0.1) is 12.5 Å². The zero-order chi connectivity index (χ0) is 48.3. The second kappa shape index (κ2) is 39.1. The molecule has 0 saturated heterocycles. The first-order chi connectivity index (χ1) is 32.0. The molecule has 0 aliphatic rings. The van der Waals surface area contributed by atoms with Gasteiger partial charge in [0.1, 0.15) is 0 Å². The Labute approximate surface area is 400 Å². The minimum absolute atomic E-state index is 0.514. The number of nitrogens with zero attached hydrogens (tertiary/aromatic N) is 1. The highest BCUT2D eigenvalue weighted by molar-refractivity contribution is 5.23. The molecule has 0 heterocycles. The Morgan fingerprint density at radius 3 is 0.455 bits per heavy atom. The predicted octanol–water partition coefficient (Wildman–Crippen LogP) is 18.0. The Balaban J connectivity index is 0.000000372. The number of hydrogen-bond donors (Lipinski definition) is 0. The van der Waals surface area contributed by atoms with E-state index in [-0.39, 0.29) is 0 Å². The average molecular weight is 868 g/mol. The first-order valence-corrected chi connectivity index (χ1v) is 22.5. The van der Waals surface area contributed by atoms with Crippen LogP contribution in [0.3, 0.4) is 0 Å². The van der Waals surface area contributed by atoms with Crippen molar-refractivity contribution in [2.24, 2.45) is 0 Å². The third-order valence-electron chi connectivity index (χ3n) is 8.93. The van der Waals surface area contributed by atoms with Crippen molar-refractivity contribution in [2.45, 2.75) is 68.7 Å². The van der Waals surface area contributed by atoms with Gasteiger partial charge in [-0.3, -0.25) is 0 Å². The highest BCUT2D eigenvalue weighted by Crippen LogP contribution is 2.03. The van der Waals surface area contributed by atoms with E-state index in [9.17, 15) is 0 Å². The summed E-state index contributed by atoms with van der Waals surface area (Å²) in [4.78, 5) is 0. The summed E-state index contributed by atoms with van der Waals surface area (Å²) in [6, 6.07) is 92.2. The SMILES string of the molecule is Cc1ccc(CC#N)cc1.Cc1ccccc1.Cc1ccccc1.Cc1ccccc1.Cc1ccccc1.Cc1ccccc1.Cc1ccccc1.Cc1ccccc1.Cc1ccccc1. The van der Waals surface area contributed by atoms with Crippen LogP contribution in [0.4, 0.5) is 0 Å². The molecule has 0 fully saturated rings. The van der Waals surface area contributed by atoms with Gasteiger partial charge in [0.2, 0.25) is 0 Å². The molecule has 1 nitrogen and oxygen atoms in total. The van der Waals surface area contributed by atoms with Gasteiger partial charge >= 0.3 is 0 Å². The van der Waals surface area contributed by atoms with Crippen molar-refractivity contribution in [1.82, 2.24) is 0 Å². The number of rotatable bonds is 1. The molecule has 0 aliphatic heterocycles. The lowest BCUT2D eigenvalue weighted by Gasteiger charge is -1.93. The zero-order valence-electron chi connectivity index (χ0n) is 41.1. The molecule has 0 atom stereocenters. The van der Waals surface area contributed by atoms with E-state index in [0.717, 1.165) is 5.56 Å². The highest BCUT2D eigenvalue weighted by atomic mass is 14.2. The molecule has 0 N–H and O–H groups in total. The van der Waals surface area contributed by atoms with Crippen molar-refractivity contribution in [1.29, 1.82) is 5.26 Å². The third-order valence-corrected chi connectivity index (χ3v) is 8.93. The molecule has 9 aromatic rings. The van der Waals surface area contributed by atoms with E-state index in [0.29, 0.717) is 6.42 Å². The Kier molecular flexibility index (Phi) is 33.5. The highest BCUT2D eigenvalue weighted by Gasteiger charge is 1.88. The van der Waals surface area contributed by atoms with Crippen molar-refractivity contribution < 1.29 is 0 Å². The first-order valence-electron chi connectivity index (χ1n) is 22.5. The number of hydrogen-bond acceptors (Lipinski definition) is 1. The van der Waals surface area contributed by atoms with Crippen LogP contribution in [-0.2, 0) is 6.42 Å². The van der Waals surface area contributed by atoms with Crippen LogP contribution in [0.25, 0.3) is 0 Å². The van der Waals surface area contributed by atoms with Gasteiger partial charge in [-0.2, -0.15) is 5.26 Å². The largest absolute Gasteiger partial charge is 0.198 e. The molecule has 0 aromatic heterocycles. The molecule has 0 aliphatic carbocycles. The van der Waals surface area contributed by atoms with Crippen molar-refractivity contribution in [2.75, 3.05) is 0 Å².